The summed E-state index contributed by atoms with van der Waals surface area (Å²) in [4.78, 5) is 17.0. The number of hydrogen-bond acceptors (Lipinski definition) is 5. The third-order valence-corrected chi connectivity index (χ3v) is 5.89. The van der Waals surface area contributed by atoms with Gasteiger partial charge in [-0.05, 0) is 51.6 Å². The molecule has 1 atom stereocenters. The van der Waals surface area contributed by atoms with Gasteiger partial charge in [-0.15, -0.1) is 10.2 Å². The molecule has 120 valence electrons. The molecule has 2 aliphatic heterocycles. The van der Waals surface area contributed by atoms with Crippen molar-refractivity contribution in [1.29, 1.82) is 0 Å². The summed E-state index contributed by atoms with van der Waals surface area (Å²) in [5.74, 6) is 0.595. The molecule has 1 aromatic heterocycles. The van der Waals surface area contributed by atoms with Crippen LogP contribution in [0.25, 0.3) is 0 Å². The van der Waals surface area contributed by atoms with Gasteiger partial charge in [0.25, 0.3) is 0 Å². The third-order valence-electron chi connectivity index (χ3n) is 4.89. The Kier molecular flexibility index (Phi) is 4.00. The number of likely N-dealkylation sites (tertiary alicyclic amines) is 2. The summed E-state index contributed by atoms with van der Waals surface area (Å²) in [5, 5.41) is 13.0. The molecule has 3 aliphatic rings. The van der Waals surface area contributed by atoms with Crippen molar-refractivity contribution in [2.75, 3.05) is 31.5 Å². The van der Waals surface area contributed by atoms with Crippen LogP contribution in [0.15, 0.2) is 0 Å². The van der Waals surface area contributed by atoms with E-state index in [0.29, 0.717) is 17.1 Å². The number of nitrogens with one attached hydrogen (secondary N) is 1. The summed E-state index contributed by atoms with van der Waals surface area (Å²) in [7, 11) is 0. The Hall–Kier alpha value is -1.21. The van der Waals surface area contributed by atoms with Gasteiger partial charge < -0.3 is 9.80 Å². The van der Waals surface area contributed by atoms with E-state index in [1.165, 1.54) is 50.1 Å². The second-order valence-electron chi connectivity index (χ2n) is 6.65. The van der Waals surface area contributed by atoms with E-state index in [-0.39, 0.29) is 6.03 Å². The number of hydrogen-bond donors (Lipinski definition) is 1. The molecule has 22 heavy (non-hydrogen) atoms. The molecule has 2 saturated heterocycles. The predicted molar refractivity (Wildman–Crippen MR) is 86.3 cm³/mol. The quantitative estimate of drug-likeness (QED) is 0.925. The first kappa shape index (κ1) is 14.4. The van der Waals surface area contributed by atoms with E-state index in [2.05, 4.69) is 20.4 Å². The van der Waals surface area contributed by atoms with Gasteiger partial charge in [-0.1, -0.05) is 11.3 Å². The maximum Gasteiger partial charge on any atom is 0.323 e. The van der Waals surface area contributed by atoms with Crippen molar-refractivity contribution in [3.8, 4) is 0 Å². The molecule has 0 radical (unpaired) electrons. The summed E-state index contributed by atoms with van der Waals surface area (Å²) in [6.07, 6.45) is 7.25. The van der Waals surface area contributed by atoms with Gasteiger partial charge in [0, 0.05) is 25.0 Å². The number of nitrogens with zero attached hydrogens (tertiary/aromatic N) is 4. The van der Waals surface area contributed by atoms with Crippen LogP contribution in [-0.4, -0.2) is 58.2 Å². The van der Waals surface area contributed by atoms with Crippen molar-refractivity contribution in [1.82, 2.24) is 20.0 Å². The molecule has 3 heterocycles. The lowest BCUT2D eigenvalue weighted by atomic mass is 10.2. The zero-order chi connectivity index (χ0) is 14.9. The van der Waals surface area contributed by atoms with E-state index < -0.39 is 0 Å². The Balaban J connectivity index is 1.35. The fourth-order valence-electron chi connectivity index (χ4n) is 3.50. The summed E-state index contributed by atoms with van der Waals surface area (Å²) < 4.78 is 0. The number of anilines is 1. The number of carbonyl (C=O) groups excluding carboxylic acids is 1. The Morgan fingerprint density at radius 3 is 2.73 bits per heavy atom. The normalized spacial score (nSPS) is 25.8. The van der Waals surface area contributed by atoms with E-state index in [9.17, 15) is 4.79 Å². The van der Waals surface area contributed by atoms with Crippen LogP contribution < -0.4 is 5.32 Å². The minimum absolute atomic E-state index is 0.000180. The molecule has 6 nitrogen and oxygen atoms in total. The molecular formula is C15H23N5OS. The SMILES string of the molecule is O=C(Nc1nnc(C2CC2)s1)N1CCCC1CN1CCCC1. The molecular weight excluding hydrogens is 298 g/mol. The number of urea groups is 1. The fraction of sp³-hybridized carbons (Fsp3) is 0.800. The molecule has 0 spiro atoms. The van der Waals surface area contributed by atoms with Gasteiger partial charge in [0.2, 0.25) is 5.13 Å². The second kappa shape index (κ2) is 6.12. The number of amides is 2. The first-order valence-electron chi connectivity index (χ1n) is 8.43. The Morgan fingerprint density at radius 2 is 1.95 bits per heavy atom. The Bertz CT molecular complexity index is 538. The number of rotatable bonds is 4. The average Bonchev–Trinajstić information content (AvgIpc) is 2.96. The van der Waals surface area contributed by atoms with Gasteiger partial charge in [-0.3, -0.25) is 5.32 Å². The summed E-state index contributed by atoms with van der Waals surface area (Å²) in [5.41, 5.74) is 0. The van der Waals surface area contributed by atoms with Gasteiger partial charge in [-0.25, -0.2) is 4.79 Å². The van der Waals surface area contributed by atoms with Crippen LogP contribution in [0, 0.1) is 0 Å². The fourth-order valence-corrected chi connectivity index (χ4v) is 4.40. The lowest BCUT2D eigenvalue weighted by Crippen LogP contribution is -2.44. The van der Waals surface area contributed by atoms with Gasteiger partial charge >= 0.3 is 6.03 Å². The molecule has 1 aromatic rings. The second-order valence-corrected chi connectivity index (χ2v) is 7.66. The minimum atomic E-state index is 0.000180. The molecule has 0 bridgehead atoms. The van der Waals surface area contributed by atoms with Crippen LogP contribution in [0.4, 0.5) is 9.93 Å². The van der Waals surface area contributed by atoms with Gasteiger partial charge in [0.1, 0.15) is 5.01 Å². The highest BCUT2D eigenvalue weighted by Gasteiger charge is 2.32. The molecule has 3 fully saturated rings. The number of carbonyl (C=O) groups is 1. The van der Waals surface area contributed by atoms with Crippen molar-refractivity contribution in [3.63, 3.8) is 0 Å². The first-order valence-corrected chi connectivity index (χ1v) is 9.24. The Labute approximate surface area is 134 Å². The minimum Gasteiger partial charge on any atom is -0.320 e. The average molecular weight is 321 g/mol. The highest BCUT2D eigenvalue weighted by Crippen LogP contribution is 2.42. The van der Waals surface area contributed by atoms with Crippen molar-refractivity contribution in [3.05, 3.63) is 5.01 Å². The molecule has 1 aliphatic carbocycles. The lowest BCUT2D eigenvalue weighted by molar-refractivity contribution is 0.186. The smallest absolute Gasteiger partial charge is 0.320 e. The maximum atomic E-state index is 12.5. The molecule has 1 N–H and O–H groups in total. The summed E-state index contributed by atoms with van der Waals surface area (Å²) in [6, 6.07) is 0.356. The maximum absolute atomic E-state index is 12.5. The van der Waals surface area contributed by atoms with Crippen LogP contribution in [0.2, 0.25) is 0 Å². The van der Waals surface area contributed by atoms with Gasteiger partial charge in [-0.2, -0.15) is 0 Å². The Morgan fingerprint density at radius 1 is 1.14 bits per heavy atom. The van der Waals surface area contributed by atoms with Crippen LogP contribution in [0.1, 0.15) is 49.5 Å². The third kappa shape index (κ3) is 3.10. The first-order chi connectivity index (χ1) is 10.8. The van der Waals surface area contributed by atoms with Crippen molar-refractivity contribution < 1.29 is 4.79 Å². The monoisotopic (exact) mass is 321 g/mol. The lowest BCUT2D eigenvalue weighted by Gasteiger charge is -2.28. The highest BCUT2D eigenvalue weighted by molar-refractivity contribution is 7.15. The predicted octanol–water partition coefficient (Wildman–Crippen LogP) is 2.51. The topological polar surface area (TPSA) is 61.4 Å². The van der Waals surface area contributed by atoms with Crippen LogP contribution in [0.5, 0.6) is 0 Å². The molecule has 7 heteroatoms. The zero-order valence-electron chi connectivity index (χ0n) is 12.8. The highest BCUT2D eigenvalue weighted by atomic mass is 32.1. The van der Waals surface area contributed by atoms with Gasteiger partial charge in [0.15, 0.2) is 0 Å². The van der Waals surface area contributed by atoms with Crippen LogP contribution in [-0.2, 0) is 0 Å². The summed E-state index contributed by atoms with van der Waals surface area (Å²) >= 11 is 1.53. The van der Waals surface area contributed by atoms with Crippen LogP contribution >= 0.6 is 11.3 Å². The van der Waals surface area contributed by atoms with E-state index in [1.807, 2.05) is 4.90 Å². The summed E-state index contributed by atoms with van der Waals surface area (Å²) in [6.45, 7) is 4.26. The zero-order valence-corrected chi connectivity index (χ0v) is 13.6. The standard InChI is InChI=1S/C15H23N5OS/c21-15(16-14-18-17-13(22-14)11-5-6-11)20-9-3-4-12(20)10-19-7-1-2-8-19/h11-12H,1-10H2,(H,16,18,21). The van der Waals surface area contributed by atoms with E-state index >= 15 is 0 Å². The van der Waals surface area contributed by atoms with E-state index in [0.717, 1.165) is 30.9 Å². The van der Waals surface area contributed by atoms with E-state index in [4.69, 9.17) is 0 Å². The van der Waals surface area contributed by atoms with Crippen molar-refractivity contribution in [2.45, 2.75) is 50.5 Å². The largest absolute Gasteiger partial charge is 0.323 e. The molecule has 2 amide bonds. The van der Waals surface area contributed by atoms with E-state index in [1.54, 1.807) is 0 Å². The number of aromatic nitrogens is 2. The molecule has 0 aromatic carbocycles. The van der Waals surface area contributed by atoms with Gasteiger partial charge in [0.05, 0.1) is 0 Å². The van der Waals surface area contributed by atoms with Crippen LogP contribution in [0.3, 0.4) is 0 Å². The van der Waals surface area contributed by atoms with Crippen molar-refractivity contribution >= 4 is 22.5 Å². The molecule has 1 unspecified atom stereocenters. The molecule has 1 saturated carbocycles. The molecule has 4 rings (SSSR count). The van der Waals surface area contributed by atoms with Crippen molar-refractivity contribution in [2.24, 2.45) is 0 Å².